The SMILES string of the molecule is Cc1nc2c(-c3ccccc3)c(C)[nH]n2c(=O)c1CC(F)(F)F. The zero-order chi connectivity index (χ0) is 16.8. The van der Waals surface area contributed by atoms with Crippen LogP contribution in [0.2, 0.25) is 0 Å². The van der Waals surface area contributed by atoms with Gasteiger partial charge in [-0.3, -0.25) is 9.89 Å². The van der Waals surface area contributed by atoms with Crippen molar-refractivity contribution in [1.29, 1.82) is 0 Å². The van der Waals surface area contributed by atoms with E-state index in [9.17, 15) is 18.0 Å². The molecule has 0 bridgehead atoms. The third-order valence-electron chi connectivity index (χ3n) is 3.70. The Morgan fingerprint density at radius 3 is 2.43 bits per heavy atom. The minimum absolute atomic E-state index is 0.100. The smallest absolute Gasteiger partial charge is 0.293 e. The van der Waals surface area contributed by atoms with Crippen molar-refractivity contribution < 1.29 is 13.2 Å². The van der Waals surface area contributed by atoms with Crippen LogP contribution < -0.4 is 5.56 Å². The van der Waals surface area contributed by atoms with Crippen LogP contribution in [0.1, 0.15) is 17.0 Å². The summed E-state index contributed by atoms with van der Waals surface area (Å²) in [4.78, 5) is 16.7. The zero-order valence-corrected chi connectivity index (χ0v) is 12.5. The van der Waals surface area contributed by atoms with E-state index in [0.717, 1.165) is 10.1 Å². The molecule has 2 aromatic heterocycles. The van der Waals surface area contributed by atoms with Crippen LogP contribution >= 0.6 is 0 Å². The second kappa shape index (κ2) is 5.26. The van der Waals surface area contributed by atoms with Crippen molar-refractivity contribution in [2.24, 2.45) is 0 Å². The predicted octanol–water partition coefficient (Wildman–Crippen LogP) is 3.41. The molecule has 0 saturated heterocycles. The van der Waals surface area contributed by atoms with E-state index in [1.54, 1.807) is 6.92 Å². The Morgan fingerprint density at radius 1 is 1.17 bits per heavy atom. The summed E-state index contributed by atoms with van der Waals surface area (Å²) >= 11 is 0. The molecule has 23 heavy (non-hydrogen) atoms. The van der Waals surface area contributed by atoms with Crippen LogP contribution in [-0.2, 0) is 6.42 Å². The number of nitrogens with zero attached hydrogens (tertiary/aromatic N) is 2. The van der Waals surface area contributed by atoms with Crippen molar-refractivity contribution in [1.82, 2.24) is 14.6 Å². The number of H-pyrrole nitrogens is 1. The van der Waals surface area contributed by atoms with Gasteiger partial charge in [0.15, 0.2) is 5.65 Å². The maximum absolute atomic E-state index is 12.7. The molecule has 3 rings (SSSR count). The molecule has 0 spiro atoms. The average Bonchev–Trinajstić information content (AvgIpc) is 2.80. The molecule has 0 saturated carbocycles. The highest BCUT2D eigenvalue weighted by molar-refractivity contribution is 5.79. The number of hydrogen-bond donors (Lipinski definition) is 1. The van der Waals surface area contributed by atoms with Crippen molar-refractivity contribution in [3.05, 3.63) is 57.6 Å². The summed E-state index contributed by atoms with van der Waals surface area (Å²) in [5, 5.41) is 2.82. The van der Waals surface area contributed by atoms with Gasteiger partial charge in [0.05, 0.1) is 6.42 Å². The van der Waals surface area contributed by atoms with Crippen LogP contribution in [0.5, 0.6) is 0 Å². The van der Waals surface area contributed by atoms with E-state index < -0.39 is 18.2 Å². The first-order valence-corrected chi connectivity index (χ1v) is 7.01. The normalized spacial score (nSPS) is 12.0. The molecule has 0 unspecified atom stereocenters. The highest BCUT2D eigenvalue weighted by Crippen LogP contribution is 2.27. The predicted molar refractivity (Wildman–Crippen MR) is 80.5 cm³/mol. The van der Waals surface area contributed by atoms with Gasteiger partial charge in [-0.2, -0.15) is 13.2 Å². The number of aromatic amines is 1. The molecule has 1 aromatic carbocycles. The Kier molecular flexibility index (Phi) is 3.50. The Hall–Kier alpha value is -2.57. The van der Waals surface area contributed by atoms with Crippen LogP contribution in [0, 0.1) is 13.8 Å². The number of benzene rings is 1. The van der Waals surface area contributed by atoms with Gasteiger partial charge >= 0.3 is 6.18 Å². The van der Waals surface area contributed by atoms with E-state index >= 15 is 0 Å². The third-order valence-corrected chi connectivity index (χ3v) is 3.70. The average molecular weight is 321 g/mol. The second-order valence-corrected chi connectivity index (χ2v) is 5.41. The van der Waals surface area contributed by atoms with E-state index in [1.165, 1.54) is 6.92 Å². The first-order valence-electron chi connectivity index (χ1n) is 7.01. The minimum Gasteiger partial charge on any atom is -0.293 e. The highest BCUT2D eigenvalue weighted by atomic mass is 19.4. The van der Waals surface area contributed by atoms with Crippen molar-refractivity contribution in [3.63, 3.8) is 0 Å². The molecule has 0 aliphatic carbocycles. The Bertz CT molecular complexity index is 924. The van der Waals surface area contributed by atoms with Gasteiger partial charge in [-0.05, 0) is 19.4 Å². The molecule has 7 heteroatoms. The van der Waals surface area contributed by atoms with E-state index in [1.807, 2.05) is 30.3 Å². The Morgan fingerprint density at radius 2 is 1.83 bits per heavy atom. The van der Waals surface area contributed by atoms with Gasteiger partial charge in [0.25, 0.3) is 5.56 Å². The summed E-state index contributed by atoms with van der Waals surface area (Å²) in [6.45, 7) is 3.19. The van der Waals surface area contributed by atoms with Crippen molar-refractivity contribution in [2.75, 3.05) is 0 Å². The lowest BCUT2D eigenvalue weighted by molar-refractivity contribution is -0.127. The molecule has 3 aromatic rings. The number of nitrogens with one attached hydrogen (secondary N) is 1. The van der Waals surface area contributed by atoms with Gasteiger partial charge in [-0.25, -0.2) is 9.50 Å². The quantitative estimate of drug-likeness (QED) is 0.786. The molecule has 1 N–H and O–H groups in total. The molecule has 0 aliphatic rings. The molecule has 120 valence electrons. The number of fused-ring (bicyclic) bond motifs is 1. The Balaban J connectivity index is 2.29. The maximum Gasteiger partial charge on any atom is 0.393 e. The van der Waals surface area contributed by atoms with Crippen LogP contribution in [0.3, 0.4) is 0 Å². The third kappa shape index (κ3) is 2.74. The number of halogens is 3. The number of alkyl halides is 3. The van der Waals surface area contributed by atoms with Crippen LogP contribution in [0.25, 0.3) is 16.8 Å². The topological polar surface area (TPSA) is 50.2 Å². The van der Waals surface area contributed by atoms with E-state index in [0.29, 0.717) is 16.9 Å². The molecule has 0 fully saturated rings. The summed E-state index contributed by atoms with van der Waals surface area (Å²) < 4.78 is 39.1. The lowest BCUT2D eigenvalue weighted by Crippen LogP contribution is -2.26. The van der Waals surface area contributed by atoms with Crippen LogP contribution in [0.4, 0.5) is 13.2 Å². The molecule has 0 radical (unpaired) electrons. The molecule has 4 nitrogen and oxygen atoms in total. The fourth-order valence-electron chi connectivity index (χ4n) is 2.68. The van der Waals surface area contributed by atoms with Crippen molar-refractivity contribution in [3.8, 4) is 11.1 Å². The van der Waals surface area contributed by atoms with Crippen LogP contribution in [0.15, 0.2) is 35.1 Å². The fraction of sp³-hybridized carbons (Fsp3) is 0.250. The molecule has 0 aliphatic heterocycles. The fourth-order valence-corrected chi connectivity index (χ4v) is 2.68. The standard InChI is InChI=1S/C16H14F3N3O/c1-9-12(8-16(17,18)19)15(23)22-14(20-9)13(10(2)21-22)11-6-4-3-5-7-11/h3-7,21H,8H2,1-2H3. The van der Waals surface area contributed by atoms with E-state index in [-0.39, 0.29) is 11.3 Å². The molecule has 0 amide bonds. The monoisotopic (exact) mass is 321 g/mol. The van der Waals surface area contributed by atoms with Gasteiger partial charge in [-0.15, -0.1) is 0 Å². The Labute approximate surface area is 129 Å². The van der Waals surface area contributed by atoms with Gasteiger partial charge < -0.3 is 0 Å². The lowest BCUT2D eigenvalue weighted by atomic mass is 10.1. The summed E-state index contributed by atoms with van der Waals surface area (Å²) in [6.07, 6.45) is -5.74. The molecule has 2 heterocycles. The summed E-state index contributed by atoms with van der Waals surface area (Å²) in [6, 6.07) is 9.28. The first-order chi connectivity index (χ1) is 10.8. The van der Waals surface area contributed by atoms with Crippen molar-refractivity contribution in [2.45, 2.75) is 26.4 Å². The van der Waals surface area contributed by atoms with Crippen LogP contribution in [-0.4, -0.2) is 20.8 Å². The number of aryl methyl sites for hydroxylation is 2. The van der Waals surface area contributed by atoms with Gasteiger partial charge in [0.1, 0.15) is 0 Å². The summed E-state index contributed by atoms with van der Waals surface area (Å²) in [5.74, 6) is 0. The second-order valence-electron chi connectivity index (χ2n) is 5.41. The molecular formula is C16H14F3N3O. The lowest BCUT2D eigenvalue weighted by Gasteiger charge is -2.09. The van der Waals surface area contributed by atoms with Gasteiger partial charge in [0, 0.05) is 22.5 Å². The minimum atomic E-state index is -4.45. The summed E-state index contributed by atoms with van der Waals surface area (Å²) in [7, 11) is 0. The summed E-state index contributed by atoms with van der Waals surface area (Å²) in [5.41, 5.74) is 1.61. The van der Waals surface area contributed by atoms with Gasteiger partial charge in [-0.1, -0.05) is 30.3 Å². The van der Waals surface area contributed by atoms with Crippen molar-refractivity contribution >= 4 is 5.65 Å². The first kappa shape index (κ1) is 15.3. The largest absolute Gasteiger partial charge is 0.393 e. The van der Waals surface area contributed by atoms with E-state index in [2.05, 4.69) is 10.1 Å². The number of aromatic nitrogens is 3. The number of rotatable bonds is 2. The number of hydrogen-bond acceptors (Lipinski definition) is 2. The zero-order valence-electron chi connectivity index (χ0n) is 12.5. The van der Waals surface area contributed by atoms with E-state index in [4.69, 9.17) is 0 Å². The van der Waals surface area contributed by atoms with Gasteiger partial charge in [0.2, 0.25) is 0 Å². The highest BCUT2D eigenvalue weighted by Gasteiger charge is 2.31. The maximum atomic E-state index is 12.7. The molecule has 0 atom stereocenters. The molecular weight excluding hydrogens is 307 g/mol.